The molecule has 1 heterocycles. The van der Waals surface area contributed by atoms with Crippen LogP contribution in [0, 0.1) is 0 Å². The van der Waals surface area contributed by atoms with Crippen LogP contribution in [0.3, 0.4) is 0 Å². The third-order valence-corrected chi connectivity index (χ3v) is 8.65. The van der Waals surface area contributed by atoms with Crippen LogP contribution < -0.4 is 8.92 Å². The summed E-state index contributed by atoms with van der Waals surface area (Å²) in [5, 5.41) is 0.0233. The molecule has 0 fully saturated rings. The molecule has 5 rings (SSSR count). The van der Waals surface area contributed by atoms with Crippen molar-refractivity contribution in [2.45, 2.75) is 56.3 Å². The number of halogens is 1. The van der Waals surface area contributed by atoms with Crippen LogP contribution in [-0.4, -0.2) is 38.5 Å². The van der Waals surface area contributed by atoms with Crippen molar-refractivity contribution in [3.8, 4) is 11.5 Å². The molecule has 0 bridgehead atoms. The van der Waals surface area contributed by atoms with Gasteiger partial charge in [0.05, 0.1) is 11.6 Å². The van der Waals surface area contributed by atoms with Gasteiger partial charge >= 0.3 is 10.1 Å². The SMILES string of the molecule is CCOc1cc(C2C3=C(CCCC3=O)N(C)C3=C2C(=O)CCC3)cc(Cl)c1OS(=O)(=O)c1ccccc1. The zero-order valence-electron chi connectivity index (χ0n) is 20.8. The first-order valence-corrected chi connectivity index (χ1v) is 14.2. The van der Waals surface area contributed by atoms with E-state index in [2.05, 4.69) is 0 Å². The maximum atomic E-state index is 13.3. The topological polar surface area (TPSA) is 90.0 Å². The average molecular weight is 542 g/mol. The average Bonchev–Trinajstić information content (AvgIpc) is 2.88. The number of ether oxygens (including phenoxy) is 1. The molecule has 0 atom stereocenters. The molecule has 7 nitrogen and oxygen atoms in total. The van der Waals surface area contributed by atoms with Crippen molar-refractivity contribution in [2.24, 2.45) is 0 Å². The van der Waals surface area contributed by atoms with E-state index in [1.165, 1.54) is 12.1 Å². The second-order valence-electron chi connectivity index (χ2n) is 9.38. The van der Waals surface area contributed by atoms with Crippen LogP contribution in [0.15, 0.2) is 69.9 Å². The van der Waals surface area contributed by atoms with Gasteiger partial charge in [0.25, 0.3) is 0 Å². The summed E-state index contributed by atoms with van der Waals surface area (Å²) in [5.74, 6) is -0.539. The van der Waals surface area contributed by atoms with E-state index in [-0.39, 0.29) is 39.6 Å². The number of ketones is 2. The van der Waals surface area contributed by atoms with Crippen LogP contribution in [0.5, 0.6) is 11.5 Å². The number of allylic oxidation sites excluding steroid dienone is 4. The monoisotopic (exact) mass is 541 g/mol. The molecule has 37 heavy (non-hydrogen) atoms. The maximum absolute atomic E-state index is 13.3. The zero-order chi connectivity index (χ0) is 26.3. The number of carbonyl (C=O) groups excluding carboxylic acids is 2. The Labute approximate surface area is 221 Å². The summed E-state index contributed by atoms with van der Waals surface area (Å²) in [4.78, 5) is 28.5. The van der Waals surface area contributed by atoms with Crippen molar-refractivity contribution in [1.29, 1.82) is 0 Å². The lowest BCUT2D eigenvalue weighted by Gasteiger charge is -2.42. The van der Waals surface area contributed by atoms with Gasteiger partial charge in [0.1, 0.15) is 4.90 Å². The second-order valence-corrected chi connectivity index (χ2v) is 11.3. The van der Waals surface area contributed by atoms with E-state index in [9.17, 15) is 18.0 Å². The van der Waals surface area contributed by atoms with E-state index in [4.69, 9.17) is 20.5 Å². The summed E-state index contributed by atoms with van der Waals surface area (Å²) in [6.07, 6.45) is 3.87. The molecule has 3 aliphatic rings. The van der Waals surface area contributed by atoms with E-state index in [0.29, 0.717) is 29.6 Å². The van der Waals surface area contributed by atoms with Gasteiger partial charge in [-0.15, -0.1) is 0 Å². The molecule has 2 aromatic carbocycles. The van der Waals surface area contributed by atoms with E-state index in [1.54, 1.807) is 37.3 Å². The van der Waals surface area contributed by atoms with Gasteiger partial charge in [-0.2, -0.15) is 8.42 Å². The fourth-order valence-corrected chi connectivity index (χ4v) is 6.81. The van der Waals surface area contributed by atoms with Crippen molar-refractivity contribution >= 4 is 33.3 Å². The lowest BCUT2D eigenvalue weighted by atomic mass is 9.71. The van der Waals surface area contributed by atoms with Crippen LogP contribution >= 0.6 is 11.6 Å². The highest BCUT2D eigenvalue weighted by Gasteiger charge is 2.42. The lowest BCUT2D eigenvalue weighted by Crippen LogP contribution is -2.37. The number of benzene rings is 2. The van der Waals surface area contributed by atoms with Gasteiger partial charge in [-0.3, -0.25) is 9.59 Å². The van der Waals surface area contributed by atoms with Crippen LogP contribution in [0.2, 0.25) is 5.02 Å². The highest BCUT2D eigenvalue weighted by molar-refractivity contribution is 7.87. The molecule has 194 valence electrons. The molecule has 0 unspecified atom stereocenters. The fourth-order valence-electron chi connectivity index (χ4n) is 5.53. The third-order valence-electron chi connectivity index (χ3n) is 7.13. The van der Waals surface area contributed by atoms with Gasteiger partial charge in [0, 0.05) is 48.3 Å². The summed E-state index contributed by atoms with van der Waals surface area (Å²) in [5.41, 5.74) is 3.72. The molecule has 0 saturated heterocycles. The Morgan fingerprint density at radius 2 is 1.54 bits per heavy atom. The predicted molar refractivity (Wildman–Crippen MR) is 139 cm³/mol. The first-order valence-electron chi connectivity index (χ1n) is 12.4. The highest BCUT2D eigenvalue weighted by Crippen LogP contribution is 2.50. The first kappa shape index (κ1) is 25.5. The Bertz CT molecular complexity index is 1400. The minimum absolute atomic E-state index is 0.0156. The lowest BCUT2D eigenvalue weighted by molar-refractivity contribution is -0.117. The molecule has 0 radical (unpaired) electrons. The summed E-state index contributed by atoms with van der Waals surface area (Å²) < 4.78 is 37.2. The maximum Gasteiger partial charge on any atom is 0.339 e. The fraction of sp³-hybridized carbons (Fsp3) is 0.357. The van der Waals surface area contributed by atoms with E-state index >= 15 is 0 Å². The summed E-state index contributed by atoms with van der Waals surface area (Å²) in [7, 11) is -2.24. The highest BCUT2D eigenvalue weighted by atomic mass is 35.5. The zero-order valence-corrected chi connectivity index (χ0v) is 22.3. The number of hydrogen-bond acceptors (Lipinski definition) is 7. The largest absolute Gasteiger partial charge is 0.490 e. The molecule has 0 spiro atoms. The minimum Gasteiger partial charge on any atom is -0.490 e. The molecule has 0 saturated carbocycles. The Morgan fingerprint density at radius 1 is 0.946 bits per heavy atom. The predicted octanol–water partition coefficient (Wildman–Crippen LogP) is 5.55. The van der Waals surface area contributed by atoms with Crippen molar-refractivity contribution in [2.75, 3.05) is 13.7 Å². The van der Waals surface area contributed by atoms with Crippen LogP contribution in [0.25, 0.3) is 0 Å². The molecule has 0 N–H and O–H groups in total. The third kappa shape index (κ3) is 4.57. The molecule has 9 heteroatoms. The quantitative estimate of drug-likeness (QED) is 0.443. The van der Waals surface area contributed by atoms with Gasteiger partial charge < -0.3 is 13.8 Å². The molecule has 0 amide bonds. The van der Waals surface area contributed by atoms with E-state index in [0.717, 1.165) is 37.1 Å². The normalized spacial score (nSPS) is 18.6. The number of rotatable bonds is 6. The molecule has 1 aliphatic heterocycles. The van der Waals surface area contributed by atoms with Crippen LogP contribution in [0.4, 0.5) is 0 Å². The minimum atomic E-state index is -4.18. The molecule has 2 aliphatic carbocycles. The second kappa shape index (κ2) is 9.99. The van der Waals surface area contributed by atoms with Gasteiger partial charge in [-0.25, -0.2) is 0 Å². The Balaban J connectivity index is 1.66. The number of carbonyl (C=O) groups is 2. The Hall–Kier alpha value is -3.10. The Morgan fingerprint density at radius 3 is 2.11 bits per heavy atom. The molecular weight excluding hydrogens is 514 g/mol. The Kier molecular flexibility index (Phi) is 6.89. The van der Waals surface area contributed by atoms with Crippen LogP contribution in [0.1, 0.15) is 56.9 Å². The van der Waals surface area contributed by atoms with E-state index < -0.39 is 16.0 Å². The molecule has 0 aromatic heterocycles. The summed E-state index contributed by atoms with van der Waals surface area (Å²) in [6.45, 7) is 2.00. The van der Waals surface area contributed by atoms with Gasteiger partial charge in [0.15, 0.2) is 17.3 Å². The number of nitrogens with zero attached hydrogens (tertiary/aromatic N) is 1. The number of hydrogen-bond donors (Lipinski definition) is 0. The first-order chi connectivity index (χ1) is 17.7. The van der Waals surface area contributed by atoms with Gasteiger partial charge in [-0.1, -0.05) is 29.8 Å². The molecular formula is C28H28ClNO6S. The van der Waals surface area contributed by atoms with Gasteiger partial charge in [0.2, 0.25) is 5.75 Å². The van der Waals surface area contributed by atoms with Gasteiger partial charge in [-0.05, 0) is 62.4 Å². The summed E-state index contributed by atoms with van der Waals surface area (Å²) in [6, 6.07) is 11.0. The summed E-state index contributed by atoms with van der Waals surface area (Å²) >= 11 is 6.65. The molecule has 2 aromatic rings. The standard InChI is InChI=1S/C28H28ClNO6S/c1-3-35-24-16-17(15-19(29)28(24)36-37(33,34)18-9-5-4-6-10-18)25-26-20(11-7-13-22(26)31)30(2)21-12-8-14-23(32)27(21)25/h4-6,9-10,15-16,25H,3,7-8,11-14H2,1-2H3. The van der Waals surface area contributed by atoms with Crippen molar-refractivity contribution in [3.63, 3.8) is 0 Å². The smallest absolute Gasteiger partial charge is 0.339 e. The van der Waals surface area contributed by atoms with Crippen molar-refractivity contribution < 1.29 is 26.9 Å². The van der Waals surface area contributed by atoms with Crippen LogP contribution in [-0.2, 0) is 19.7 Å². The van der Waals surface area contributed by atoms with Crippen molar-refractivity contribution in [3.05, 3.63) is 75.6 Å². The van der Waals surface area contributed by atoms with E-state index in [1.807, 2.05) is 11.9 Å². The number of Topliss-reactive ketones (excluding diaryl/α,β-unsaturated/α-hetero) is 2. The van der Waals surface area contributed by atoms with Crippen molar-refractivity contribution in [1.82, 2.24) is 4.90 Å².